The molecule has 130 valence electrons. The summed E-state index contributed by atoms with van der Waals surface area (Å²) in [5.41, 5.74) is 2.37. The van der Waals surface area contributed by atoms with Crippen LogP contribution in [0.25, 0.3) is 5.65 Å². The first-order valence-corrected chi connectivity index (χ1v) is 7.95. The fraction of sp³-hybridized carbons (Fsp3) is 0.111. The molecule has 1 atom stereocenters. The molecular formula is C18H15FN6O. The van der Waals surface area contributed by atoms with E-state index in [-0.39, 0.29) is 11.7 Å². The first-order chi connectivity index (χ1) is 12.6. The summed E-state index contributed by atoms with van der Waals surface area (Å²) in [5, 5.41) is 11.3. The molecule has 8 heteroatoms. The van der Waals surface area contributed by atoms with Crippen molar-refractivity contribution in [1.82, 2.24) is 29.7 Å². The number of carbonyl (C=O) groups excluding carboxylic acids is 1. The first-order valence-electron chi connectivity index (χ1n) is 7.95. The van der Waals surface area contributed by atoms with Gasteiger partial charge in [-0.05, 0) is 23.8 Å². The molecule has 0 fully saturated rings. The van der Waals surface area contributed by atoms with Gasteiger partial charge in [0.15, 0.2) is 5.65 Å². The van der Waals surface area contributed by atoms with Crippen molar-refractivity contribution in [3.05, 3.63) is 83.8 Å². The van der Waals surface area contributed by atoms with Crippen LogP contribution in [-0.4, -0.2) is 30.3 Å². The highest BCUT2D eigenvalue weighted by Gasteiger charge is 2.22. The van der Waals surface area contributed by atoms with Gasteiger partial charge >= 0.3 is 0 Å². The van der Waals surface area contributed by atoms with Crippen molar-refractivity contribution in [1.29, 1.82) is 0 Å². The second-order valence-corrected chi connectivity index (χ2v) is 5.85. The van der Waals surface area contributed by atoms with Gasteiger partial charge in [0, 0.05) is 31.2 Å². The average Bonchev–Trinajstić information content (AvgIpc) is 3.27. The Morgan fingerprint density at radius 3 is 2.69 bits per heavy atom. The zero-order valence-corrected chi connectivity index (χ0v) is 13.9. The maximum Gasteiger partial charge on any atom is 0.257 e. The third-order valence-corrected chi connectivity index (χ3v) is 4.06. The lowest BCUT2D eigenvalue weighted by molar-refractivity contribution is 0.0944. The van der Waals surface area contributed by atoms with Crippen LogP contribution in [0.15, 0.2) is 61.3 Å². The van der Waals surface area contributed by atoms with Gasteiger partial charge < -0.3 is 5.32 Å². The predicted molar refractivity (Wildman–Crippen MR) is 91.9 cm³/mol. The van der Waals surface area contributed by atoms with E-state index >= 15 is 0 Å². The molecule has 0 aliphatic rings. The molecule has 1 N–H and O–H groups in total. The largest absolute Gasteiger partial charge is 0.341 e. The standard InChI is InChI=1S/C18H15FN6O/c1-24-11-13(9-21-24)16(12-3-5-14(19)6-4-12)23-18(26)15-10-22-25-8-2-7-20-17(15)25/h2-11,16H,1H3,(H,23,26). The van der Waals surface area contributed by atoms with Crippen LogP contribution in [0.1, 0.15) is 27.5 Å². The second kappa shape index (κ2) is 6.40. The molecule has 7 nitrogen and oxygen atoms in total. The molecule has 0 bridgehead atoms. The van der Waals surface area contributed by atoms with Crippen LogP contribution in [0.5, 0.6) is 0 Å². The highest BCUT2D eigenvalue weighted by Crippen LogP contribution is 2.23. The van der Waals surface area contributed by atoms with Gasteiger partial charge in [0.25, 0.3) is 5.91 Å². The van der Waals surface area contributed by atoms with E-state index in [1.807, 2.05) is 6.20 Å². The maximum absolute atomic E-state index is 13.3. The number of amides is 1. The number of carbonyl (C=O) groups is 1. The van der Waals surface area contributed by atoms with E-state index < -0.39 is 6.04 Å². The number of nitrogens with one attached hydrogen (secondary N) is 1. The van der Waals surface area contributed by atoms with Crippen LogP contribution in [0.4, 0.5) is 4.39 Å². The third kappa shape index (κ3) is 2.92. The van der Waals surface area contributed by atoms with Crippen LogP contribution in [0.3, 0.4) is 0 Å². The summed E-state index contributed by atoms with van der Waals surface area (Å²) in [4.78, 5) is 17.0. The van der Waals surface area contributed by atoms with E-state index in [2.05, 4.69) is 20.5 Å². The molecule has 4 rings (SSSR count). The van der Waals surface area contributed by atoms with Crippen molar-refractivity contribution in [3.8, 4) is 0 Å². The highest BCUT2D eigenvalue weighted by molar-refractivity contribution is 6.00. The molecule has 1 amide bonds. The molecular weight excluding hydrogens is 335 g/mol. The molecule has 26 heavy (non-hydrogen) atoms. The number of hydrogen-bond donors (Lipinski definition) is 1. The summed E-state index contributed by atoms with van der Waals surface area (Å²) in [5.74, 6) is -0.659. The monoisotopic (exact) mass is 350 g/mol. The molecule has 0 saturated heterocycles. The van der Waals surface area contributed by atoms with Gasteiger partial charge in [0.05, 0.1) is 18.4 Å². The minimum absolute atomic E-state index is 0.322. The number of aromatic nitrogens is 5. The van der Waals surface area contributed by atoms with Crippen LogP contribution >= 0.6 is 0 Å². The maximum atomic E-state index is 13.3. The summed E-state index contributed by atoms with van der Waals surface area (Å²) in [6.07, 6.45) is 8.28. The van der Waals surface area contributed by atoms with Crippen molar-refractivity contribution < 1.29 is 9.18 Å². The van der Waals surface area contributed by atoms with Crippen LogP contribution in [-0.2, 0) is 7.05 Å². The van der Waals surface area contributed by atoms with Gasteiger partial charge in [-0.2, -0.15) is 10.2 Å². The summed E-state index contributed by atoms with van der Waals surface area (Å²) >= 11 is 0. The Morgan fingerprint density at radius 2 is 1.96 bits per heavy atom. The molecule has 0 aliphatic carbocycles. The van der Waals surface area contributed by atoms with Gasteiger partial charge in [-0.1, -0.05) is 12.1 Å². The molecule has 3 heterocycles. The molecule has 0 spiro atoms. The Bertz CT molecular complexity index is 1070. The van der Waals surface area contributed by atoms with Crippen molar-refractivity contribution in [2.75, 3.05) is 0 Å². The zero-order chi connectivity index (χ0) is 18.1. The quantitative estimate of drug-likeness (QED) is 0.612. The smallest absolute Gasteiger partial charge is 0.257 e. The second-order valence-electron chi connectivity index (χ2n) is 5.85. The minimum Gasteiger partial charge on any atom is -0.341 e. The van der Waals surface area contributed by atoms with E-state index in [0.717, 1.165) is 11.1 Å². The zero-order valence-electron chi connectivity index (χ0n) is 13.9. The summed E-state index contributed by atoms with van der Waals surface area (Å²) in [6.45, 7) is 0. The summed E-state index contributed by atoms with van der Waals surface area (Å²) in [7, 11) is 1.79. The SMILES string of the molecule is Cn1cc(C(NC(=O)c2cnn3cccnc23)c2ccc(F)cc2)cn1. The third-order valence-electron chi connectivity index (χ3n) is 4.06. The summed E-state index contributed by atoms with van der Waals surface area (Å²) < 4.78 is 16.5. The van der Waals surface area contributed by atoms with Crippen LogP contribution < -0.4 is 5.32 Å². The number of fused-ring (bicyclic) bond motifs is 1. The Kier molecular flexibility index (Phi) is 3.92. The van der Waals surface area contributed by atoms with Crippen molar-refractivity contribution in [2.45, 2.75) is 6.04 Å². The van der Waals surface area contributed by atoms with Gasteiger partial charge in [-0.25, -0.2) is 13.9 Å². The fourth-order valence-corrected chi connectivity index (χ4v) is 2.80. The Hall–Kier alpha value is -3.55. The van der Waals surface area contributed by atoms with Crippen LogP contribution in [0.2, 0.25) is 0 Å². The lowest BCUT2D eigenvalue weighted by atomic mass is 10.0. The normalized spacial score (nSPS) is 12.2. The number of halogens is 1. The van der Waals surface area contributed by atoms with Gasteiger partial charge in [-0.15, -0.1) is 0 Å². The van der Waals surface area contributed by atoms with Crippen LogP contribution in [0, 0.1) is 5.82 Å². The Morgan fingerprint density at radius 1 is 1.15 bits per heavy atom. The minimum atomic E-state index is -0.476. The molecule has 1 aromatic carbocycles. The molecule has 0 radical (unpaired) electrons. The molecule has 0 aliphatic heterocycles. The van der Waals surface area contributed by atoms with Gasteiger partial charge in [0.2, 0.25) is 0 Å². The first kappa shape index (κ1) is 15.9. The van der Waals surface area contributed by atoms with Crippen molar-refractivity contribution in [3.63, 3.8) is 0 Å². The van der Waals surface area contributed by atoms with E-state index in [1.54, 1.807) is 48.5 Å². The summed E-state index contributed by atoms with van der Waals surface area (Å²) in [6, 6.07) is 7.27. The number of hydrogen-bond acceptors (Lipinski definition) is 4. The lowest BCUT2D eigenvalue weighted by Crippen LogP contribution is -2.29. The number of rotatable bonds is 4. The molecule has 4 aromatic rings. The van der Waals surface area contributed by atoms with Crippen molar-refractivity contribution in [2.24, 2.45) is 7.05 Å². The lowest BCUT2D eigenvalue weighted by Gasteiger charge is -2.17. The number of nitrogens with zero attached hydrogens (tertiary/aromatic N) is 5. The number of aryl methyl sites for hydroxylation is 1. The topological polar surface area (TPSA) is 77.1 Å². The van der Waals surface area contributed by atoms with E-state index in [0.29, 0.717) is 11.2 Å². The van der Waals surface area contributed by atoms with Crippen molar-refractivity contribution >= 4 is 11.6 Å². The average molecular weight is 350 g/mol. The Labute approximate surface area is 148 Å². The molecule has 0 saturated carbocycles. The Balaban J connectivity index is 1.70. The van der Waals surface area contributed by atoms with Gasteiger partial charge in [-0.3, -0.25) is 9.48 Å². The van der Waals surface area contributed by atoms with E-state index in [9.17, 15) is 9.18 Å². The van der Waals surface area contributed by atoms with Gasteiger partial charge in [0.1, 0.15) is 11.4 Å². The molecule has 3 aromatic heterocycles. The highest BCUT2D eigenvalue weighted by atomic mass is 19.1. The predicted octanol–water partition coefficient (Wildman–Crippen LogP) is 2.12. The fourth-order valence-electron chi connectivity index (χ4n) is 2.80. The van der Waals surface area contributed by atoms with E-state index in [1.165, 1.54) is 22.8 Å². The molecule has 1 unspecified atom stereocenters. The number of benzene rings is 1. The van der Waals surface area contributed by atoms with E-state index in [4.69, 9.17) is 0 Å².